The largest absolute Gasteiger partial charge is 0.416 e. The van der Waals surface area contributed by atoms with Crippen LogP contribution in [-0.2, 0) is 17.4 Å². The van der Waals surface area contributed by atoms with Gasteiger partial charge in [-0.05, 0) is 30.2 Å². The highest BCUT2D eigenvalue weighted by atomic mass is 19.4. The van der Waals surface area contributed by atoms with E-state index in [2.05, 4.69) is 27.8 Å². The van der Waals surface area contributed by atoms with Gasteiger partial charge < -0.3 is 10.3 Å². The van der Waals surface area contributed by atoms with Crippen molar-refractivity contribution in [3.63, 3.8) is 0 Å². The van der Waals surface area contributed by atoms with Crippen LogP contribution in [0.3, 0.4) is 0 Å². The topological polar surface area (TPSA) is 69.3 Å². The summed E-state index contributed by atoms with van der Waals surface area (Å²) < 4.78 is 38.1. The van der Waals surface area contributed by atoms with Crippen molar-refractivity contribution in [2.75, 3.05) is 11.9 Å². The van der Waals surface area contributed by atoms with Gasteiger partial charge in [0.1, 0.15) is 0 Å². The maximum absolute atomic E-state index is 12.7. The zero-order valence-electron chi connectivity index (χ0n) is 15.1. The predicted molar refractivity (Wildman–Crippen MR) is 103 cm³/mol. The summed E-state index contributed by atoms with van der Waals surface area (Å²) in [5.74, 6) is -0.470. The standard InChI is InChI=1S/C20H19F3N4O/c1-2-13-5-3-8-17-14(10-25-19(13)17)11-26-27-18(28)12-24-16-7-4-6-15(9-16)20(21,22)23/h3-11,24-25H,2,12H2,1H3,(H,27,28)/b26-11+. The summed E-state index contributed by atoms with van der Waals surface area (Å²) in [7, 11) is 0. The summed E-state index contributed by atoms with van der Waals surface area (Å²) in [6.45, 7) is 1.87. The molecule has 0 aliphatic heterocycles. The van der Waals surface area contributed by atoms with Crippen molar-refractivity contribution in [1.29, 1.82) is 0 Å². The van der Waals surface area contributed by atoms with Gasteiger partial charge in [-0.25, -0.2) is 5.43 Å². The lowest BCUT2D eigenvalue weighted by Gasteiger charge is -2.09. The number of hydrogen-bond donors (Lipinski definition) is 3. The van der Waals surface area contributed by atoms with Gasteiger partial charge in [0.25, 0.3) is 5.91 Å². The SMILES string of the molecule is CCc1cccc2c(/C=N/NC(=O)CNc3cccc(C(F)(F)F)c3)c[nH]c12. The van der Waals surface area contributed by atoms with Crippen LogP contribution in [0.25, 0.3) is 10.9 Å². The fourth-order valence-corrected chi connectivity index (χ4v) is 2.84. The summed E-state index contributed by atoms with van der Waals surface area (Å²) >= 11 is 0. The number of para-hydroxylation sites is 1. The Hall–Kier alpha value is -3.29. The Bertz CT molecular complexity index is 1010. The number of aromatic nitrogens is 1. The molecule has 0 atom stereocenters. The number of hydrazone groups is 1. The number of benzene rings is 2. The summed E-state index contributed by atoms with van der Waals surface area (Å²) in [5, 5.41) is 7.58. The lowest BCUT2D eigenvalue weighted by Crippen LogP contribution is -2.26. The number of hydrogen-bond acceptors (Lipinski definition) is 3. The number of nitrogens with one attached hydrogen (secondary N) is 3. The number of anilines is 1. The molecule has 0 bridgehead atoms. The Morgan fingerprint density at radius 2 is 2.00 bits per heavy atom. The van der Waals surface area contributed by atoms with E-state index < -0.39 is 17.6 Å². The van der Waals surface area contributed by atoms with Crippen LogP contribution in [-0.4, -0.2) is 23.7 Å². The third kappa shape index (κ3) is 4.51. The molecule has 1 heterocycles. The quantitative estimate of drug-likeness (QED) is 0.435. The molecule has 5 nitrogen and oxygen atoms in total. The van der Waals surface area contributed by atoms with Crippen molar-refractivity contribution < 1.29 is 18.0 Å². The van der Waals surface area contributed by atoms with E-state index in [1.54, 1.807) is 6.20 Å². The summed E-state index contributed by atoms with van der Waals surface area (Å²) in [4.78, 5) is 15.1. The van der Waals surface area contributed by atoms with Gasteiger partial charge in [-0.1, -0.05) is 31.2 Å². The molecule has 3 aromatic rings. The predicted octanol–water partition coefficient (Wildman–Crippen LogP) is 4.31. The molecule has 0 saturated carbocycles. The molecule has 0 fully saturated rings. The molecule has 0 spiro atoms. The Morgan fingerprint density at radius 3 is 2.75 bits per heavy atom. The Kier molecular flexibility index (Phi) is 5.67. The fourth-order valence-electron chi connectivity index (χ4n) is 2.84. The number of amides is 1. The van der Waals surface area contributed by atoms with E-state index in [4.69, 9.17) is 0 Å². The van der Waals surface area contributed by atoms with Gasteiger partial charge in [0.15, 0.2) is 0 Å². The molecule has 0 aliphatic rings. The number of aryl methyl sites for hydroxylation is 1. The fraction of sp³-hybridized carbons (Fsp3) is 0.200. The normalized spacial score (nSPS) is 11.9. The Balaban J connectivity index is 1.58. The van der Waals surface area contributed by atoms with Gasteiger partial charge in [0.2, 0.25) is 0 Å². The van der Waals surface area contributed by atoms with Crippen LogP contribution in [0.15, 0.2) is 53.8 Å². The highest BCUT2D eigenvalue weighted by Crippen LogP contribution is 2.30. The molecule has 8 heteroatoms. The number of fused-ring (bicyclic) bond motifs is 1. The number of nitrogens with zero attached hydrogens (tertiary/aromatic N) is 1. The second-order valence-electron chi connectivity index (χ2n) is 6.16. The number of rotatable bonds is 6. The van der Waals surface area contributed by atoms with Crippen molar-refractivity contribution in [2.45, 2.75) is 19.5 Å². The molecule has 2 aromatic carbocycles. The number of carbonyl (C=O) groups excluding carboxylic acids is 1. The molecule has 3 rings (SSSR count). The van der Waals surface area contributed by atoms with Crippen molar-refractivity contribution in [2.24, 2.45) is 5.10 Å². The van der Waals surface area contributed by atoms with E-state index in [0.717, 1.165) is 35.0 Å². The van der Waals surface area contributed by atoms with Crippen LogP contribution in [0.2, 0.25) is 0 Å². The maximum atomic E-state index is 12.7. The van der Waals surface area contributed by atoms with Crippen LogP contribution >= 0.6 is 0 Å². The van der Waals surface area contributed by atoms with Crippen molar-refractivity contribution >= 4 is 28.7 Å². The molecule has 0 saturated heterocycles. The van der Waals surface area contributed by atoms with E-state index in [9.17, 15) is 18.0 Å². The van der Waals surface area contributed by atoms with E-state index in [-0.39, 0.29) is 12.2 Å². The van der Waals surface area contributed by atoms with Gasteiger partial charge >= 0.3 is 6.18 Å². The van der Waals surface area contributed by atoms with Crippen LogP contribution in [0.1, 0.15) is 23.6 Å². The van der Waals surface area contributed by atoms with Gasteiger partial charge in [-0.2, -0.15) is 18.3 Å². The third-order valence-corrected chi connectivity index (χ3v) is 4.25. The zero-order chi connectivity index (χ0) is 20.1. The molecular formula is C20H19F3N4O. The second-order valence-corrected chi connectivity index (χ2v) is 6.16. The van der Waals surface area contributed by atoms with E-state index in [1.165, 1.54) is 23.9 Å². The lowest BCUT2D eigenvalue weighted by atomic mass is 10.1. The minimum Gasteiger partial charge on any atom is -0.376 e. The number of alkyl halides is 3. The number of H-pyrrole nitrogens is 1. The average molecular weight is 388 g/mol. The molecular weight excluding hydrogens is 369 g/mol. The Labute approximate surface area is 159 Å². The first-order valence-corrected chi connectivity index (χ1v) is 8.70. The average Bonchev–Trinajstić information content (AvgIpc) is 3.09. The van der Waals surface area contributed by atoms with Crippen LogP contribution in [0.5, 0.6) is 0 Å². The molecule has 1 amide bonds. The first-order valence-electron chi connectivity index (χ1n) is 8.70. The monoisotopic (exact) mass is 388 g/mol. The molecule has 28 heavy (non-hydrogen) atoms. The summed E-state index contributed by atoms with van der Waals surface area (Å²) in [6.07, 6.45) is -0.200. The van der Waals surface area contributed by atoms with Crippen LogP contribution < -0.4 is 10.7 Å². The molecule has 0 radical (unpaired) electrons. The molecule has 1 aromatic heterocycles. The maximum Gasteiger partial charge on any atom is 0.416 e. The number of halogens is 3. The lowest BCUT2D eigenvalue weighted by molar-refractivity contribution is -0.137. The van der Waals surface area contributed by atoms with Gasteiger partial charge in [0.05, 0.1) is 18.3 Å². The van der Waals surface area contributed by atoms with Crippen LogP contribution in [0, 0.1) is 0 Å². The minimum absolute atomic E-state index is 0.202. The van der Waals surface area contributed by atoms with E-state index >= 15 is 0 Å². The summed E-state index contributed by atoms with van der Waals surface area (Å²) in [6, 6.07) is 10.6. The first kappa shape index (κ1) is 19.5. The van der Waals surface area contributed by atoms with Gasteiger partial charge in [-0.15, -0.1) is 0 Å². The minimum atomic E-state index is -4.43. The smallest absolute Gasteiger partial charge is 0.376 e. The Morgan fingerprint density at radius 1 is 1.21 bits per heavy atom. The number of aromatic amines is 1. The van der Waals surface area contributed by atoms with Crippen molar-refractivity contribution in [3.8, 4) is 0 Å². The van der Waals surface area contributed by atoms with Gasteiger partial charge in [0, 0.05) is 28.4 Å². The van der Waals surface area contributed by atoms with Crippen molar-refractivity contribution in [3.05, 3.63) is 65.4 Å². The number of carbonyl (C=O) groups is 1. The van der Waals surface area contributed by atoms with E-state index in [0.29, 0.717) is 0 Å². The molecule has 146 valence electrons. The highest BCUT2D eigenvalue weighted by molar-refractivity contribution is 6.00. The first-order chi connectivity index (χ1) is 13.4. The summed E-state index contributed by atoms with van der Waals surface area (Å²) in [5.41, 5.74) is 4.84. The highest BCUT2D eigenvalue weighted by Gasteiger charge is 2.30. The second kappa shape index (κ2) is 8.16. The van der Waals surface area contributed by atoms with Crippen molar-refractivity contribution in [1.82, 2.24) is 10.4 Å². The molecule has 0 unspecified atom stereocenters. The zero-order valence-corrected chi connectivity index (χ0v) is 15.1. The third-order valence-electron chi connectivity index (χ3n) is 4.25. The van der Waals surface area contributed by atoms with E-state index in [1.807, 2.05) is 18.2 Å². The molecule has 3 N–H and O–H groups in total. The molecule has 0 aliphatic carbocycles. The van der Waals surface area contributed by atoms with Gasteiger partial charge in [-0.3, -0.25) is 4.79 Å². The van der Waals surface area contributed by atoms with Crippen LogP contribution in [0.4, 0.5) is 18.9 Å².